The number of aromatic hydroxyl groups is 1. The normalized spacial score (nSPS) is 10.3. The maximum Gasteiger partial charge on any atom is 0.315 e. The van der Waals surface area contributed by atoms with Gasteiger partial charge in [0.05, 0.1) is 6.20 Å². The van der Waals surface area contributed by atoms with E-state index in [1.807, 2.05) is 30.3 Å². The lowest BCUT2D eigenvalue weighted by atomic mass is 10.2. The zero-order chi connectivity index (χ0) is 11.5. The third-order valence-corrected chi connectivity index (χ3v) is 2.37. The maximum atomic E-state index is 11.1. The molecular weight excluding hydrogens is 204 g/mol. The van der Waals surface area contributed by atoms with Crippen molar-refractivity contribution in [3.8, 4) is 5.75 Å². The topological polar surface area (TPSA) is 55.1 Å². The summed E-state index contributed by atoms with van der Waals surface area (Å²) in [6, 6.07) is 9.79. The van der Waals surface area contributed by atoms with E-state index >= 15 is 0 Å². The highest BCUT2D eigenvalue weighted by Gasteiger charge is 2.03. The van der Waals surface area contributed by atoms with Gasteiger partial charge in [0.1, 0.15) is 5.82 Å². The van der Waals surface area contributed by atoms with E-state index in [-0.39, 0.29) is 5.75 Å². The van der Waals surface area contributed by atoms with Gasteiger partial charge in [-0.3, -0.25) is 4.79 Å². The van der Waals surface area contributed by atoms with Crippen LogP contribution in [-0.2, 0) is 6.54 Å². The molecule has 4 heteroatoms. The fourth-order valence-corrected chi connectivity index (χ4v) is 1.50. The number of hydrogen-bond donors (Lipinski definition) is 1. The first kappa shape index (κ1) is 10.4. The zero-order valence-corrected chi connectivity index (χ0v) is 8.92. The van der Waals surface area contributed by atoms with Gasteiger partial charge in [-0.25, -0.2) is 0 Å². The quantitative estimate of drug-likeness (QED) is 0.823. The Morgan fingerprint density at radius 3 is 2.69 bits per heavy atom. The Bertz CT molecular complexity index is 547. The zero-order valence-electron chi connectivity index (χ0n) is 8.92. The summed E-state index contributed by atoms with van der Waals surface area (Å²) in [5.74, 6) is 0.271. The van der Waals surface area contributed by atoms with Crippen LogP contribution in [-0.4, -0.2) is 14.7 Å². The summed E-state index contributed by atoms with van der Waals surface area (Å²) in [5.41, 5.74) is 0.511. The lowest BCUT2D eigenvalue weighted by Gasteiger charge is -2.09. The van der Waals surface area contributed by atoms with E-state index < -0.39 is 5.56 Å². The number of rotatable bonds is 2. The lowest BCUT2D eigenvalue weighted by Crippen LogP contribution is -2.15. The number of nitrogens with zero attached hydrogens (tertiary/aromatic N) is 2. The Balaban J connectivity index is 2.36. The van der Waals surface area contributed by atoms with Crippen LogP contribution in [0.25, 0.3) is 0 Å². The Hall–Kier alpha value is -2.10. The van der Waals surface area contributed by atoms with Gasteiger partial charge in [0.25, 0.3) is 0 Å². The van der Waals surface area contributed by atoms with Crippen LogP contribution < -0.4 is 5.56 Å². The number of aromatic nitrogens is 2. The fraction of sp³-hybridized carbons (Fsp3) is 0.167. The van der Waals surface area contributed by atoms with E-state index in [1.165, 1.54) is 6.20 Å². The molecule has 0 aliphatic heterocycles. The number of hydrogen-bond acceptors (Lipinski definition) is 3. The first-order chi connectivity index (χ1) is 7.66. The fourth-order valence-electron chi connectivity index (χ4n) is 1.50. The lowest BCUT2D eigenvalue weighted by molar-refractivity contribution is 0.454. The molecule has 0 atom stereocenters. The van der Waals surface area contributed by atoms with Crippen LogP contribution in [0.15, 0.2) is 41.3 Å². The van der Waals surface area contributed by atoms with Gasteiger partial charge < -0.3 is 9.67 Å². The SMILES string of the molecule is Cc1nc(=O)c(O)cn1Cc1ccccc1. The second kappa shape index (κ2) is 4.18. The molecule has 1 aromatic carbocycles. The van der Waals surface area contributed by atoms with Crippen molar-refractivity contribution < 1.29 is 5.11 Å². The molecule has 16 heavy (non-hydrogen) atoms. The Morgan fingerprint density at radius 2 is 2.00 bits per heavy atom. The molecule has 0 bridgehead atoms. The van der Waals surface area contributed by atoms with E-state index in [1.54, 1.807) is 11.5 Å². The van der Waals surface area contributed by atoms with Gasteiger partial charge in [0.2, 0.25) is 0 Å². The second-order valence-corrected chi connectivity index (χ2v) is 3.59. The van der Waals surface area contributed by atoms with Gasteiger partial charge >= 0.3 is 5.56 Å². The van der Waals surface area contributed by atoms with Gasteiger partial charge in [-0.05, 0) is 12.5 Å². The molecule has 1 N–H and O–H groups in total. The smallest absolute Gasteiger partial charge is 0.315 e. The Labute approximate surface area is 92.8 Å². The molecular formula is C12H12N2O2. The number of benzene rings is 1. The predicted molar refractivity (Wildman–Crippen MR) is 60.4 cm³/mol. The van der Waals surface area contributed by atoms with Gasteiger partial charge in [0, 0.05) is 6.54 Å². The molecule has 82 valence electrons. The second-order valence-electron chi connectivity index (χ2n) is 3.59. The highest BCUT2D eigenvalue weighted by molar-refractivity contribution is 5.18. The summed E-state index contributed by atoms with van der Waals surface area (Å²) in [7, 11) is 0. The molecule has 0 fully saturated rings. The molecule has 0 amide bonds. The van der Waals surface area contributed by atoms with Crippen LogP contribution in [0.3, 0.4) is 0 Å². The monoisotopic (exact) mass is 216 g/mol. The summed E-state index contributed by atoms with van der Waals surface area (Å²) >= 11 is 0. The molecule has 0 aliphatic rings. The minimum absolute atomic E-state index is 0.318. The minimum atomic E-state index is -0.582. The maximum absolute atomic E-state index is 11.1. The van der Waals surface area contributed by atoms with Gasteiger partial charge in [0.15, 0.2) is 5.75 Å². The Kier molecular flexibility index (Phi) is 2.72. The van der Waals surface area contributed by atoms with Crippen LogP contribution in [0, 0.1) is 6.92 Å². The first-order valence-electron chi connectivity index (χ1n) is 4.98. The van der Waals surface area contributed by atoms with E-state index in [9.17, 15) is 9.90 Å². The molecule has 0 aliphatic carbocycles. The molecule has 1 aromatic heterocycles. The van der Waals surface area contributed by atoms with E-state index in [4.69, 9.17) is 0 Å². The largest absolute Gasteiger partial charge is 0.502 e. The average molecular weight is 216 g/mol. The van der Waals surface area contributed by atoms with E-state index in [2.05, 4.69) is 4.98 Å². The molecule has 1 heterocycles. The first-order valence-corrected chi connectivity index (χ1v) is 4.98. The third-order valence-electron chi connectivity index (χ3n) is 2.37. The van der Waals surface area contributed by atoms with Gasteiger partial charge in [-0.2, -0.15) is 4.98 Å². The summed E-state index contributed by atoms with van der Waals surface area (Å²) in [6.45, 7) is 2.33. The van der Waals surface area contributed by atoms with Crippen molar-refractivity contribution in [3.05, 3.63) is 58.3 Å². The van der Waals surface area contributed by atoms with Crippen molar-refractivity contribution in [1.82, 2.24) is 9.55 Å². The molecule has 0 radical (unpaired) electrons. The van der Waals surface area contributed by atoms with Crippen LogP contribution >= 0.6 is 0 Å². The van der Waals surface area contributed by atoms with Crippen molar-refractivity contribution in [2.24, 2.45) is 0 Å². The summed E-state index contributed by atoms with van der Waals surface area (Å²) in [5, 5.41) is 9.31. The van der Waals surface area contributed by atoms with E-state index in [0.717, 1.165) is 5.56 Å². The average Bonchev–Trinajstić information content (AvgIpc) is 2.27. The van der Waals surface area contributed by atoms with Crippen LogP contribution in [0.5, 0.6) is 5.75 Å². The van der Waals surface area contributed by atoms with Gasteiger partial charge in [-0.1, -0.05) is 30.3 Å². The van der Waals surface area contributed by atoms with Gasteiger partial charge in [-0.15, -0.1) is 0 Å². The predicted octanol–water partition coefficient (Wildman–Crippen LogP) is 1.31. The highest BCUT2D eigenvalue weighted by atomic mass is 16.3. The molecule has 2 aromatic rings. The molecule has 0 saturated carbocycles. The standard InChI is InChI=1S/C12H12N2O2/c1-9-13-12(16)11(15)8-14(9)7-10-5-3-2-4-6-10/h2-6,8,15H,7H2,1H3. The summed E-state index contributed by atoms with van der Waals surface area (Å²) in [4.78, 5) is 14.8. The number of aryl methyl sites for hydroxylation is 1. The van der Waals surface area contributed by atoms with Crippen molar-refractivity contribution in [2.45, 2.75) is 13.5 Å². The van der Waals surface area contributed by atoms with E-state index in [0.29, 0.717) is 12.4 Å². The highest BCUT2D eigenvalue weighted by Crippen LogP contribution is 2.06. The van der Waals surface area contributed by atoms with Crippen LogP contribution in [0.4, 0.5) is 0 Å². The third kappa shape index (κ3) is 2.11. The molecule has 4 nitrogen and oxygen atoms in total. The van der Waals surface area contributed by atoms with Crippen molar-refractivity contribution in [1.29, 1.82) is 0 Å². The summed E-state index contributed by atoms with van der Waals surface area (Å²) < 4.78 is 1.74. The molecule has 0 saturated heterocycles. The molecule has 2 rings (SSSR count). The Morgan fingerprint density at radius 1 is 1.31 bits per heavy atom. The van der Waals surface area contributed by atoms with Crippen molar-refractivity contribution in [2.75, 3.05) is 0 Å². The van der Waals surface area contributed by atoms with Crippen LogP contribution in [0.1, 0.15) is 11.4 Å². The van der Waals surface area contributed by atoms with Crippen LogP contribution in [0.2, 0.25) is 0 Å². The van der Waals surface area contributed by atoms with Crippen molar-refractivity contribution >= 4 is 0 Å². The summed E-state index contributed by atoms with van der Waals surface area (Å²) in [6.07, 6.45) is 1.41. The molecule has 0 spiro atoms. The minimum Gasteiger partial charge on any atom is -0.502 e. The molecule has 0 unspecified atom stereocenters. The van der Waals surface area contributed by atoms with Crippen molar-refractivity contribution in [3.63, 3.8) is 0 Å².